The monoisotopic (exact) mass is 412 g/mol. The van der Waals surface area contributed by atoms with Gasteiger partial charge in [-0.05, 0) is 32.4 Å². The van der Waals surface area contributed by atoms with Crippen molar-refractivity contribution in [2.24, 2.45) is 0 Å². The lowest BCUT2D eigenvalue weighted by atomic mass is 10.2. The molecule has 3 rings (SSSR count). The summed E-state index contributed by atoms with van der Waals surface area (Å²) < 4.78 is 37.3. The van der Waals surface area contributed by atoms with E-state index in [0.29, 0.717) is 29.5 Å². The van der Waals surface area contributed by atoms with Crippen molar-refractivity contribution in [3.8, 4) is 11.4 Å². The molecule has 1 aliphatic heterocycles. The second-order valence-electron chi connectivity index (χ2n) is 6.39. The molecule has 0 spiro atoms. The molecule has 27 heavy (non-hydrogen) atoms. The minimum atomic E-state index is -3.07. The average molecular weight is 413 g/mol. The summed E-state index contributed by atoms with van der Waals surface area (Å²) in [4.78, 5) is 18.7. The van der Waals surface area contributed by atoms with Gasteiger partial charge in [0.25, 0.3) is 0 Å². The lowest BCUT2D eigenvalue weighted by molar-refractivity contribution is -0.131. The van der Waals surface area contributed by atoms with Gasteiger partial charge in [0.1, 0.15) is 5.82 Å². The third kappa shape index (κ3) is 4.49. The zero-order chi connectivity index (χ0) is 19.6. The Morgan fingerprint density at radius 1 is 1.44 bits per heavy atom. The number of halogens is 1. The molecule has 1 amide bonds. The normalized spacial score (nSPS) is 19.7. The van der Waals surface area contributed by atoms with Gasteiger partial charge >= 0.3 is 0 Å². The van der Waals surface area contributed by atoms with Crippen LogP contribution in [0.15, 0.2) is 29.4 Å². The molecule has 10 heteroatoms. The largest absolute Gasteiger partial charge is 0.338 e. The summed E-state index contributed by atoms with van der Waals surface area (Å²) in [5, 5.41) is 6.59. The van der Waals surface area contributed by atoms with Gasteiger partial charge in [-0.2, -0.15) is 0 Å². The van der Waals surface area contributed by atoms with E-state index in [1.807, 2.05) is 6.92 Å². The van der Waals surface area contributed by atoms with E-state index < -0.39 is 20.9 Å². The number of aromatic amines is 1. The summed E-state index contributed by atoms with van der Waals surface area (Å²) in [7, 11) is -3.07. The molecule has 1 N–H and O–H groups in total. The summed E-state index contributed by atoms with van der Waals surface area (Å²) in [6.45, 7) is 4.01. The maximum Gasteiger partial charge on any atom is 0.236 e. The quantitative estimate of drug-likeness (QED) is 0.730. The van der Waals surface area contributed by atoms with Crippen LogP contribution in [0.25, 0.3) is 11.4 Å². The highest BCUT2D eigenvalue weighted by Gasteiger charge is 2.35. The van der Waals surface area contributed by atoms with Crippen LogP contribution in [0.5, 0.6) is 0 Å². The van der Waals surface area contributed by atoms with Gasteiger partial charge in [0.2, 0.25) is 11.1 Å². The first-order valence-electron chi connectivity index (χ1n) is 8.65. The number of nitrogens with one attached hydrogen (secondary N) is 1. The van der Waals surface area contributed by atoms with Gasteiger partial charge in [-0.15, -0.1) is 5.10 Å². The maximum absolute atomic E-state index is 13.9. The third-order valence-electron chi connectivity index (χ3n) is 4.50. The molecule has 0 radical (unpaired) electrons. The molecule has 0 bridgehead atoms. The fraction of sp³-hybridized carbons (Fsp3) is 0.471. The van der Waals surface area contributed by atoms with Crippen molar-refractivity contribution < 1.29 is 17.6 Å². The lowest BCUT2D eigenvalue weighted by Crippen LogP contribution is -2.44. The van der Waals surface area contributed by atoms with Crippen LogP contribution < -0.4 is 0 Å². The van der Waals surface area contributed by atoms with E-state index in [-0.39, 0.29) is 23.5 Å². The molecule has 0 unspecified atom stereocenters. The number of nitrogens with zero attached hydrogens (tertiary/aromatic N) is 3. The Balaban J connectivity index is 1.69. The van der Waals surface area contributed by atoms with Gasteiger partial charge < -0.3 is 4.90 Å². The third-order valence-corrected chi connectivity index (χ3v) is 7.20. The number of thioether (sulfide) groups is 1. The molecule has 146 valence electrons. The van der Waals surface area contributed by atoms with Gasteiger partial charge in [-0.3, -0.25) is 9.89 Å². The number of rotatable bonds is 6. The van der Waals surface area contributed by atoms with Gasteiger partial charge in [-0.1, -0.05) is 23.9 Å². The van der Waals surface area contributed by atoms with E-state index in [1.54, 1.807) is 30.0 Å². The van der Waals surface area contributed by atoms with E-state index in [9.17, 15) is 17.6 Å². The summed E-state index contributed by atoms with van der Waals surface area (Å²) >= 11 is 1.16. The van der Waals surface area contributed by atoms with Crippen molar-refractivity contribution in [2.45, 2.75) is 36.7 Å². The van der Waals surface area contributed by atoms with E-state index >= 15 is 0 Å². The number of amides is 1. The number of carbonyl (C=O) groups is 1. The zero-order valence-electron chi connectivity index (χ0n) is 15.1. The first-order chi connectivity index (χ1) is 12.8. The molecular weight excluding hydrogens is 391 g/mol. The molecule has 2 atom stereocenters. The minimum absolute atomic E-state index is 0.0159. The van der Waals surface area contributed by atoms with Crippen LogP contribution in [0.3, 0.4) is 0 Å². The predicted octanol–water partition coefficient (Wildman–Crippen LogP) is 2.13. The molecule has 0 saturated carbocycles. The van der Waals surface area contributed by atoms with E-state index in [0.717, 1.165) is 11.8 Å². The Kier molecular flexibility index (Phi) is 5.85. The standard InChI is InChI=1S/C17H21FN4O3S2/c1-3-22(12-8-9-27(24,25)10-12)16(23)11(2)26-17-19-15(20-21-17)13-6-4-5-7-14(13)18/h4-7,11-12H,3,8-10H2,1-2H3,(H,19,20,21)/t11-,12-/m1/s1. The van der Waals surface area contributed by atoms with Gasteiger partial charge in [-0.25, -0.2) is 17.8 Å². The SMILES string of the molecule is CCN(C(=O)[C@@H](C)Sc1n[nH]c(-c2ccccc2F)n1)[C@@H]1CCS(=O)(=O)C1. The fourth-order valence-corrected chi connectivity index (χ4v) is 5.66. The number of hydrogen-bond acceptors (Lipinski definition) is 6. The summed E-state index contributed by atoms with van der Waals surface area (Å²) in [6, 6.07) is 5.95. The van der Waals surface area contributed by atoms with Crippen LogP contribution in [0.4, 0.5) is 4.39 Å². The van der Waals surface area contributed by atoms with E-state index in [2.05, 4.69) is 15.2 Å². The van der Waals surface area contributed by atoms with Gasteiger partial charge in [0, 0.05) is 12.6 Å². The first kappa shape index (κ1) is 19.8. The topological polar surface area (TPSA) is 96.0 Å². The molecule has 2 heterocycles. The molecular formula is C17H21FN4O3S2. The van der Waals surface area contributed by atoms with Crippen molar-refractivity contribution in [3.05, 3.63) is 30.1 Å². The Morgan fingerprint density at radius 3 is 2.81 bits per heavy atom. The molecule has 1 fully saturated rings. The van der Waals surface area contributed by atoms with E-state index in [1.165, 1.54) is 6.07 Å². The first-order valence-corrected chi connectivity index (χ1v) is 11.4. The molecule has 1 aromatic heterocycles. The predicted molar refractivity (Wildman–Crippen MR) is 102 cm³/mol. The molecule has 0 aliphatic carbocycles. The average Bonchev–Trinajstić information content (AvgIpc) is 3.22. The molecule has 2 aromatic rings. The zero-order valence-corrected chi connectivity index (χ0v) is 16.7. The van der Waals surface area contributed by atoms with Gasteiger partial charge in [0.05, 0.1) is 22.3 Å². The van der Waals surface area contributed by atoms with Crippen LogP contribution in [-0.2, 0) is 14.6 Å². The number of aromatic nitrogens is 3. The van der Waals surface area contributed by atoms with Crippen molar-refractivity contribution in [1.82, 2.24) is 20.1 Å². The number of carbonyl (C=O) groups excluding carboxylic acids is 1. The molecule has 1 aromatic carbocycles. The minimum Gasteiger partial charge on any atom is -0.338 e. The molecule has 1 aliphatic rings. The summed E-state index contributed by atoms with van der Waals surface area (Å²) in [5.41, 5.74) is 0.308. The number of sulfone groups is 1. The Morgan fingerprint density at radius 2 is 2.19 bits per heavy atom. The number of hydrogen-bond donors (Lipinski definition) is 1. The number of benzene rings is 1. The molecule has 1 saturated heterocycles. The Hall–Kier alpha value is -1.94. The highest BCUT2D eigenvalue weighted by molar-refractivity contribution is 8.00. The van der Waals surface area contributed by atoms with Crippen LogP contribution in [-0.4, -0.2) is 63.7 Å². The number of H-pyrrole nitrogens is 1. The van der Waals surface area contributed by atoms with Crippen LogP contribution in [0.2, 0.25) is 0 Å². The van der Waals surface area contributed by atoms with Crippen LogP contribution in [0, 0.1) is 5.82 Å². The van der Waals surface area contributed by atoms with Crippen LogP contribution >= 0.6 is 11.8 Å². The van der Waals surface area contributed by atoms with Crippen molar-refractivity contribution in [1.29, 1.82) is 0 Å². The van der Waals surface area contributed by atoms with Gasteiger partial charge in [0.15, 0.2) is 15.7 Å². The lowest BCUT2D eigenvalue weighted by Gasteiger charge is -2.29. The molecule has 7 nitrogen and oxygen atoms in total. The second-order valence-corrected chi connectivity index (χ2v) is 9.92. The highest BCUT2D eigenvalue weighted by Crippen LogP contribution is 2.27. The van der Waals surface area contributed by atoms with E-state index in [4.69, 9.17) is 0 Å². The maximum atomic E-state index is 13.9. The van der Waals surface area contributed by atoms with Crippen molar-refractivity contribution in [3.63, 3.8) is 0 Å². The Bertz CT molecular complexity index is 932. The smallest absolute Gasteiger partial charge is 0.236 e. The highest BCUT2D eigenvalue weighted by atomic mass is 32.2. The van der Waals surface area contributed by atoms with Crippen LogP contribution in [0.1, 0.15) is 20.3 Å². The Labute approximate surface area is 161 Å². The van der Waals surface area contributed by atoms with Crippen molar-refractivity contribution in [2.75, 3.05) is 18.1 Å². The summed E-state index contributed by atoms with van der Waals surface area (Å²) in [6.07, 6.45) is 0.470. The summed E-state index contributed by atoms with van der Waals surface area (Å²) in [5.74, 6) is -0.127. The van der Waals surface area contributed by atoms with Crippen molar-refractivity contribution >= 4 is 27.5 Å². The fourth-order valence-electron chi connectivity index (χ4n) is 3.13. The second kappa shape index (κ2) is 7.97.